The first-order chi connectivity index (χ1) is 28.6. The number of hydrogen-bond donors (Lipinski definition) is 0. The third-order valence-corrected chi connectivity index (χ3v) is 8.99. The smallest absolute Gasteiger partial charge is 0.177 e. The predicted molar refractivity (Wildman–Crippen MR) is 239 cm³/mol. The van der Waals surface area contributed by atoms with Crippen LogP contribution in [-0.2, 0) is 9.68 Å². The van der Waals surface area contributed by atoms with Gasteiger partial charge in [0.2, 0.25) is 0 Å². The SMILES string of the molecule is C#CCO/N=C(\C)c1cccc(C)n1.C/C(=N\OCC#Cc1ccc2ccc3ccc(Cl)nc3c2n1)c1cccc(C)n1.Clc1ccc2ccc3ccc(Cl)nc3c2n1. The molecule has 13 heteroatoms. The highest BCUT2D eigenvalue weighted by atomic mass is 35.5. The predicted octanol–water partition coefficient (Wildman–Crippen LogP) is 10.8. The lowest BCUT2D eigenvalue weighted by Crippen LogP contribution is -2.00. The number of rotatable bonds is 6. The fourth-order valence-corrected chi connectivity index (χ4v) is 6.01. The molecule has 0 aliphatic carbocycles. The summed E-state index contributed by atoms with van der Waals surface area (Å²) in [5, 5.41) is 13.3. The molecule has 10 nitrogen and oxygen atoms in total. The Labute approximate surface area is 356 Å². The molecule has 59 heavy (non-hydrogen) atoms. The summed E-state index contributed by atoms with van der Waals surface area (Å²) in [6, 6.07) is 34.4. The summed E-state index contributed by atoms with van der Waals surface area (Å²) in [4.78, 5) is 36.5. The zero-order valence-corrected chi connectivity index (χ0v) is 34.7. The lowest BCUT2D eigenvalue weighted by Gasteiger charge is -2.03. The van der Waals surface area contributed by atoms with E-state index in [0.717, 1.165) is 72.1 Å². The van der Waals surface area contributed by atoms with Crippen LogP contribution in [0.5, 0.6) is 0 Å². The molecule has 0 aliphatic rings. The van der Waals surface area contributed by atoms with Gasteiger partial charge in [0.25, 0.3) is 0 Å². The van der Waals surface area contributed by atoms with E-state index in [9.17, 15) is 0 Å². The Balaban J connectivity index is 0.000000164. The minimum atomic E-state index is 0.155. The topological polar surface area (TPSA) is 121 Å². The van der Waals surface area contributed by atoms with Gasteiger partial charge in [-0.1, -0.05) is 93.4 Å². The molecule has 0 amide bonds. The second-order valence-electron chi connectivity index (χ2n) is 12.8. The Morgan fingerprint density at radius 2 is 0.915 bits per heavy atom. The molecule has 0 saturated carbocycles. The van der Waals surface area contributed by atoms with Gasteiger partial charge in [-0.15, -0.1) is 6.42 Å². The van der Waals surface area contributed by atoms with Crippen molar-refractivity contribution in [1.29, 1.82) is 0 Å². The van der Waals surface area contributed by atoms with Crippen LogP contribution >= 0.6 is 34.8 Å². The summed E-state index contributed by atoms with van der Waals surface area (Å²) in [5.41, 5.74) is 8.65. The molecule has 0 radical (unpaired) electrons. The highest BCUT2D eigenvalue weighted by Crippen LogP contribution is 2.26. The van der Waals surface area contributed by atoms with Gasteiger partial charge >= 0.3 is 0 Å². The van der Waals surface area contributed by atoms with Crippen LogP contribution in [0, 0.1) is 38.0 Å². The van der Waals surface area contributed by atoms with Crippen LogP contribution in [0.3, 0.4) is 0 Å². The Hall–Kier alpha value is -6.69. The quantitative estimate of drug-likeness (QED) is 0.0405. The highest BCUT2D eigenvalue weighted by Gasteiger charge is 2.07. The third-order valence-electron chi connectivity index (χ3n) is 8.36. The molecular formula is C46H35Cl3N8O2. The Kier molecular flexibility index (Phi) is 14.3. The molecule has 8 aromatic rings. The van der Waals surface area contributed by atoms with Crippen molar-refractivity contribution >= 4 is 89.8 Å². The maximum atomic E-state index is 6.06. The second kappa shape index (κ2) is 20.1. The molecule has 0 spiro atoms. The molecule has 6 aromatic heterocycles. The zero-order valence-electron chi connectivity index (χ0n) is 32.4. The van der Waals surface area contributed by atoms with E-state index in [1.165, 1.54) is 0 Å². The number of nitrogens with zero attached hydrogens (tertiary/aromatic N) is 8. The van der Waals surface area contributed by atoms with E-state index < -0.39 is 0 Å². The lowest BCUT2D eigenvalue weighted by molar-refractivity contribution is 0.179. The first kappa shape index (κ1) is 41.9. The van der Waals surface area contributed by atoms with Crippen LogP contribution in [0.4, 0.5) is 0 Å². The van der Waals surface area contributed by atoms with Gasteiger partial charge in [-0.2, -0.15) is 0 Å². The van der Waals surface area contributed by atoms with Crippen LogP contribution in [0.25, 0.3) is 43.6 Å². The van der Waals surface area contributed by atoms with Crippen molar-refractivity contribution in [2.24, 2.45) is 10.3 Å². The molecule has 8 rings (SSSR count). The molecule has 6 heterocycles. The van der Waals surface area contributed by atoms with Crippen LogP contribution in [0.1, 0.15) is 42.3 Å². The third kappa shape index (κ3) is 11.5. The van der Waals surface area contributed by atoms with Crippen molar-refractivity contribution in [2.75, 3.05) is 13.2 Å². The molecule has 0 aliphatic heterocycles. The van der Waals surface area contributed by atoms with E-state index in [-0.39, 0.29) is 13.2 Å². The van der Waals surface area contributed by atoms with Crippen molar-refractivity contribution in [3.8, 4) is 24.2 Å². The van der Waals surface area contributed by atoms with Crippen molar-refractivity contribution in [3.05, 3.63) is 153 Å². The van der Waals surface area contributed by atoms with E-state index in [1.54, 1.807) is 18.2 Å². The van der Waals surface area contributed by atoms with Gasteiger partial charge in [0, 0.05) is 32.9 Å². The normalized spacial score (nSPS) is 11.2. The molecule has 0 saturated heterocycles. The highest BCUT2D eigenvalue weighted by molar-refractivity contribution is 6.31. The number of pyridine rings is 6. The van der Waals surface area contributed by atoms with E-state index in [2.05, 4.69) is 58.0 Å². The second-order valence-corrected chi connectivity index (χ2v) is 13.9. The maximum Gasteiger partial charge on any atom is 0.177 e. The van der Waals surface area contributed by atoms with Crippen molar-refractivity contribution in [1.82, 2.24) is 29.9 Å². The summed E-state index contributed by atoms with van der Waals surface area (Å²) in [6.45, 7) is 7.89. The van der Waals surface area contributed by atoms with Crippen molar-refractivity contribution < 1.29 is 9.68 Å². The number of aryl methyl sites for hydroxylation is 2. The summed E-state index contributed by atoms with van der Waals surface area (Å²) >= 11 is 17.8. The number of oxime groups is 2. The number of benzene rings is 2. The molecule has 0 fully saturated rings. The van der Waals surface area contributed by atoms with Gasteiger partial charge in [-0.3, -0.25) is 9.97 Å². The summed E-state index contributed by atoms with van der Waals surface area (Å²) in [6.07, 6.45) is 5.02. The van der Waals surface area contributed by atoms with Gasteiger partial charge < -0.3 is 9.68 Å². The Morgan fingerprint density at radius 3 is 1.34 bits per heavy atom. The van der Waals surface area contributed by atoms with Gasteiger partial charge in [0.05, 0.1) is 33.5 Å². The van der Waals surface area contributed by atoms with Crippen LogP contribution in [-0.4, -0.2) is 54.5 Å². The van der Waals surface area contributed by atoms with Crippen LogP contribution in [0.2, 0.25) is 15.5 Å². The lowest BCUT2D eigenvalue weighted by atomic mass is 10.1. The van der Waals surface area contributed by atoms with Crippen LogP contribution in [0.15, 0.2) is 120 Å². The van der Waals surface area contributed by atoms with Crippen molar-refractivity contribution in [3.63, 3.8) is 0 Å². The van der Waals surface area contributed by atoms with Crippen LogP contribution < -0.4 is 0 Å². The first-order valence-corrected chi connectivity index (χ1v) is 19.2. The number of aromatic nitrogens is 6. The molecule has 0 N–H and O–H groups in total. The molecule has 292 valence electrons. The number of fused-ring (bicyclic) bond motifs is 6. The molecule has 0 unspecified atom stereocenters. The Bertz CT molecular complexity index is 2910. The van der Waals surface area contributed by atoms with Gasteiger partial charge in [-0.05, 0) is 106 Å². The first-order valence-electron chi connectivity index (χ1n) is 18.1. The van der Waals surface area contributed by atoms with Gasteiger partial charge in [-0.25, -0.2) is 19.9 Å². The zero-order chi connectivity index (χ0) is 41.7. The minimum Gasteiger partial charge on any atom is -0.382 e. The maximum absolute atomic E-state index is 6.06. The number of hydrogen-bond acceptors (Lipinski definition) is 10. The van der Waals surface area contributed by atoms with Crippen molar-refractivity contribution in [2.45, 2.75) is 27.7 Å². The van der Waals surface area contributed by atoms with Gasteiger partial charge in [0.1, 0.15) is 32.6 Å². The molecule has 0 atom stereocenters. The fraction of sp³-hybridized carbons (Fsp3) is 0.130. The molecular weight excluding hydrogens is 803 g/mol. The standard InChI is InChI=1S/C23H17ClN4O.C12H6Cl2N2.C11H12N2O/c1-15-5-3-7-20(25-15)16(2)28-29-14-4-6-19-12-10-17-8-9-18-11-13-21(24)27-23(18)22(17)26-19;13-9-5-3-7-1-2-8-4-6-10(14)16-12(8)11(7)15-9;1-4-8-14-13-10(3)11-7-5-6-9(2)12-11/h3,5,7-13H,14H2,1-2H3;1-6H;1,5-7H,8H2,2-3H3/b28-16+;;13-10+. The average Bonchev–Trinajstić information content (AvgIpc) is 3.24. The van der Waals surface area contributed by atoms with Gasteiger partial charge in [0.15, 0.2) is 13.2 Å². The summed E-state index contributed by atoms with van der Waals surface area (Å²) < 4.78 is 0. The monoisotopic (exact) mass is 836 g/mol. The minimum absolute atomic E-state index is 0.155. The van der Waals surface area contributed by atoms with E-state index in [4.69, 9.17) is 50.9 Å². The number of terminal acetylenes is 1. The van der Waals surface area contributed by atoms with E-state index in [1.807, 2.05) is 119 Å². The Morgan fingerprint density at radius 1 is 0.525 bits per heavy atom. The van der Waals surface area contributed by atoms with E-state index >= 15 is 0 Å². The number of halogens is 3. The molecule has 2 aromatic carbocycles. The van der Waals surface area contributed by atoms with E-state index in [0.29, 0.717) is 26.9 Å². The summed E-state index contributed by atoms with van der Waals surface area (Å²) in [5.74, 6) is 8.28. The summed E-state index contributed by atoms with van der Waals surface area (Å²) in [7, 11) is 0. The fourth-order valence-electron chi connectivity index (χ4n) is 5.57. The largest absolute Gasteiger partial charge is 0.382 e. The molecule has 0 bridgehead atoms. The average molecular weight is 838 g/mol.